The Bertz CT molecular complexity index is 714. The summed E-state index contributed by atoms with van der Waals surface area (Å²) in [5, 5.41) is 0. The molecule has 5 heteroatoms. The molecule has 0 fully saturated rings. The molecule has 2 rings (SSSR count). The third-order valence-corrected chi connectivity index (χ3v) is 5.05. The summed E-state index contributed by atoms with van der Waals surface area (Å²) < 4.78 is 28.6. The molecule has 20 heavy (non-hydrogen) atoms. The van der Waals surface area contributed by atoms with Crippen molar-refractivity contribution in [3.8, 4) is 0 Å². The first-order valence-corrected chi connectivity index (χ1v) is 8.72. The number of halogens is 1. The Morgan fingerprint density at radius 1 is 0.950 bits per heavy atom. The number of benzene rings is 2. The SMILES string of the molecule is Cc1ccc(S(=O)(=O)Nc2c(C)cc(I)cc2C)cc1. The van der Waals surface area contributed by atoms with Gasteiger partial charge in [0.05, 0.1) is 10.6 Å². The highest BCUT2D eigenvalue weighted by atomic mass is 127. The second-order valence-corrected chi connectivity index (χ2v) is 7.76. The first kappa shape index (κ1) is 15.3. The van der Waals surface area contributed by atoms with E-state index in [-0.39, 0.29) is 4.90 Å². The zero-order chi connectivity index (χ0) is 14.9. The molecule has 0 radical (unpaired) electrons. The van der Waals surface area contributed by atoms with E-state index >= 15 is 0 Å². The van der Waals surface area contributed by atoms with Crippen molar-refractivity contribution >= 4 is 38.3 Å². The van der Waals surface area contributed by atoms with E-state index in [4.69, 9.17) is 0 Å². The average Bonchev–Trinajstić information content (AvgIpc) is 2.34. The Hall–Kier alpha value is -1.08. The predicted molar refractivity (Wildman–Crippen MR) is 90.6 cm³/mol. The highest BCUT2D eigenvalue weighted by Gasteiger charge is 2.16. The van der Waals surface area contributed by atoms with Gasteiger partial charge in [-0.1, -0.05) is 17.7 Å². The van der Waals surface area contributed by atoms with Gasteiger partial charge in [-0.05, 0) is 78.8 Å². The van der Waals surface area contributed by atoms with Gasteiger partial charge in [0.25, 0.3) is 10.0 Å². The van der Waals surface area contributed by atoms with Gasteiger partial charge >= 0.3 is 0 Å². The lowest BCUT2D eigenvalue weighted by atomic mass is 10.1. The monoisotopic (exact) mass is 401 g/mol. The maximum Gasteiger partial charge on any atom is 0.261 e. The first-order valence-electron chi connectivity index (χ1n) is 6.16. The molecule has 0 heterocycles. The van der Waals surface area contributed by atoms with Gasteiger partial charge in [0.15, 0.2) is 0 Å². The number of sulfonamides is 1. The minimum Gasteiger partial charge on any atom is -0.279 e. The van der Waals surface area contributed by atoms with E-state index in [1.165, 1.54) is 0 Å². The molecule has 1 N–H and O–H groups in total. The van der Waals surface area contributed by atoms with E-state index < -0.39 is 10.0 Å². The van der Waals surface area contributed by atoms with Crippen LogP contribution in [0, 0.1) is 24.3 Å². The Labute approximate surface area is 133 Å². The quantitative estimate of drug-likeness (QED) is 0.790. The molecule has 0 amide bonds. The number of hydrogen-bond acceptors (Lipinski definition) is 2. The zero-order valence-electron chi connectivity index (χ0n) is 11.6. The summed E-state index contributed by atoms with van der Waals surface area (Å²) in [6.07, 6.45) is 0. The van der Waals surface area contributed by atoms with Crippen molar-refractivity contribution in [2.75, 3.05) is 4.72 Å². The number of rotatable bonds is 3. The maximum atomic E-state index is 12.4. The molecule has 0 aliphatic heterocycles. The fourth-order valence-electron chi connectivity index (χ4n) is 1.98. The minimum atomic E-state index is -3.54. The van der Waals surface area contributed by atoms with Crippen LogP contribution in [0.4, 0.5) is 5.69 Å². The Morgan fingerprint density at radius 3 is 1.95 bits per heavy atom. The Morgan fingerprint density at radius 2 is 1.45 bits per heavy atom. The normalized spacial score (nSPS) is 11.4. The van der Waals surface area contributed by atoms with Gasteiger partial charge in [-0.25, -0.2) is 8.42 Å². The van der Waals surface area contributed by atoms with Crippen molar-refractivity contribution in [1.82, 2.24) is 0 Å². The summed E-state index contributed by atoms with van der Waals surface area (Å²) in [4.78, 5) is 0.278. The van der Waals surface area contributed by atoms with Crippen molar-refractivity contribution in [2.45, 2.75) is 25.7 Å². The third-order valence-electron chi connectivity index (χ3n) is 3.07. The standard InChI is InChI=1S/C15H16INO2S/c1-10-4-6-14(7-5-10)20(18,19)17-15-11(2)8-13(16)9-12(15)3/h4-9,17H,1-3H3. The van der Waals surface area contributed by atoms with Crippen LogP contribution in [0.1, 0.15) is 16.7 Å². The van der Waals surface area contributed by atoms with Gasteiger partial charge in [-0.15, -0.1) is 0 Å². The molecular formula is C15H16INO2S. The molecule has 2 aromatic rings. The minimum absolute atomic E-state index is 0.278. The molecule has 2 aromatic carbocycles. The van der Waals surface area contributed by atoms with E-state index in [9.17, 15) is 8.42 Å². The van der Waals surface area contributed by atoms with Gasteiger partial charge in [0.1, 0.15) is 0 Å². The molecule has 0 atom stereocenters. The average molecular weight is 401 g/mol. The van der Waals surface area contributed by atoms with Crippen LogP contribution >= 0.6 is 22.6 Å². The van der Waals surface area contributed by atoms with Crippen LogP contribution in [0.3, 0.4) is 0 Å². The summed E-state index contributed by atoms with van der Waals surface area (Å²) in [6, 6.07) is 10.7. The molecule has 106 valence electrons. The molecule has 0 aromatic heterocycles. The van der Waals surface area contributed by atoms with Crippen LogP contribution in [-0.2, 0) is 10.0 Å². The van der Waals surface area contributed by atoms with E-state index in [2.05, 4.69) is 27.3 Å². The fraction of sp³-hybridized carbons (Fsp3) is 0.200. The second-order valence-electron chi connectivity index (χ2n) is 4.83. The molecule has 0 bridgehead atoms. The van der Waals surface area contributed by atoms with Crippen LogP contribution in [0.5, 0.6) is 0 Å². The number of anilines is 1. The van der Waals surface area contributed by atoms with Crippen LogP contribution in [-0.4, -0.2) is 8.42 Å². The lowest BCUT2D eigenvalue weighted by molar-refractivity contribution is 0.601. The van der Waals surface area contributed by atoms with Gasteiger partial charge in [0, 0.05) is 3.57 Å². The van der Waals surface area contributed by atoms with Crippen molar-refractivity contribution in [3.63, 3.8) is 0 Å². The first-order chi connectivity index (χ1) is 9.29. The Kier molecular flexibility index (Phi) is 4.39. The highest BCUT2D eigenvalue weighted by Crippen LogP contribution is 2.26. The second kappa shape index (κ2) is 5.73. The molecule has 0 spiro atoms. The van der Waals surface area contributed by atoms with Crippen molar-refractivity contribution in [1.29, 1.82) is 0 Å². The number of aryl methyl sites for hydroxylation is 3. The van der Waals surface area contributed by atoms with E-state index in [1.54, 1.807) is 24.3 Å². The molecule has 0 aliphatic carbocycles. The number of hydrogen-bond donors (Lipinski definition) is 1. The molecule has 3 nitrogen and oxygen atoms in total. The zero-order valence-corrected chi connectivity index (χ0v) is 14.5. The molecule has 0 saturated carbocycles. The lowest BCUT2D eigenvalue weighted by Gasteiger charge is -2.14. The largest absolute Gasteiger partial charge is 0.279 e. The van der Waals surface area contributed by atoms with Crippen LogP contribution < -0.4 is 4.72 Å². The van der Waals surface area contributed by atoms with Gasteiger partial charge in [-0.3, -0.25) is 4.72 Å². The van der Waals surface area contributed by atoms with E-state index in [0.717, 1.165) is 20.3 Å². The smallest absolute Gasteiger partial charge is 0.261 e. The molecule has 0 saturated heterocycles. The molecule has 0 unspecified atom stereocenters. The molecule has 0 aliphatic rings. The highest BCUT2D eigenvalue weighted by molar-refractivity contribution is 14.1. The fourth-order valence-corrected chi connectivity index (χ4v) is 4.12. The molecular weight excluding hydrogens is 385 g/mol. The number of nitrogens with one attached hydrogen (secondary N) is 1. The van der Waals surface area contributed by atoms with E-state index in [1.807, 2.05) is 32.9 Å². The van der Waals surface area contributed by atoms with Gasteiger partial charge in [0.2, 0.25) is 0 Å². The lowest BCUT2D eigenvalue weighted by Crippen LogP contribution is -2.14. The maximum absolute atomic E-state index is 12.4. The van der Waals surface area contributed by atoms with Gasteiger partial charge in [-0.2, -0.15) is 0 Å². The Balaban J connectivity index is 2.41. The van der Waals surface area contributed by atoms with Crippen LogP contribution in [0.2, 0.25) is 0 Å². The van der Waals surface area contributed by atoms with Gasteiger partial charge < -0.3 is 0 Å². The van der Waals surface area contributed by atoms with Crippen molar-refractivity contribution < 1.29 is 8.42 Å². The summed E-state index contributed by atoms with van der Waals surface area (Å²) in [5.41, 5.74) is 3.53. The van der Waals surface area contributed by atoms with Crippen LogP contribution in [0.15, 0.2) is 41.3 Å². The third kappa shape index (κ3) is 3.32. The summed E-state index contributed by atoms with van der Waals surface area (Å²) in [7, 11) is -3.54. The van der Waals surface area contributed by atoms with E-state index in [0.29, 0.717) is 5.69 Å². The summed E-state index contributed by atoms with van der Waals surface area (Å²) in [5.74, 6) is 0. The van der Waals surface area contributed by atoms with Crippen LogP contribution in [0.25, 0.3) is 0 Å². The van der Waals surface area contributed by atoms with Crippen molar-refractivity contribution in [3.05, 3.63) is 56.7 Å². The summed E-state index contributed by atoms with van der Waals surface area (Å²) in [6.45, 7) is 5.74. The predicted octanol–water partition coefficient (Wildman–Crippen LogP) is 4.02. The topological polar surface area (TPSA) is 46.2 Å². The summed E-state index contributed by atoms with van der Waals surface area (Å²) >= 11 is 2.22. The van der Waals surface area contributed by atoms with Crippen molar-refractivity contribution in [2.24, 2.45) is 0 Å².